The van der Waals surface area contributed by atoms with Crippen LogP contribution in [0, 0.1) is 0 Å². The first kappa shape index (κ1) is 9.71. The van der Waals surface area contributed by atoms with Crippen molar-refractivity contribution < 1.29 is 14.1 Å². The first-order chi connectivity index (χ1) is 5.70. The van der Waals surface area contributed by atoms with Crippen molar-refractivity contribution >= 4 is 16.8 Å². The Morgan fingerprint density at radius 2 is 2.25 bits per heavy atom. The van der Waals surface area contributed by atoms with E-state index in [1.54, 1.807) is 0 Å². The number of aliphatic carboxylic acids is 1. The van der Waals surface area contributed by atoms with Crippen molar-refractivity contribution in [3.8, 4) is 0 Å². The molecule has 0 saturated carbocycles. The van der Waals surface area contributed by atoms with Gasteiger partial charge in [-0.2, -0.15) is 0 Å². The molecule has 1 N–H and O–H groups in total. The summed E-state index contributed by atoms with van der Waals surface area (Å²) in [6, 6.07) is 0. The minimum absolute atomic E-state index is 0.249. The van der Waals surface area contributed by atoms with Crippen LogP contribution in [0.5, 0.6) is 0 Å². The van der Waals surface area contributed by atoms with Crippen LogP contribution in [0.1, 0.15) is 32.1 Å². The summed E-state index contributed by atoms with van der Waals surface area (Å²) in [6.45, 7) is 0. The lowest BCUT2D eigenvalue weighted by Gasteiger charge is -2.24. The van der Waals surface area contributed by atoms with E-state index in [0.29, 0.717) is 5.25 Å². The smallest absolute Gasteiger partial charge is 0.303 e. The zero-order valence-corrected chi connectivity index (χ0v) is 7.81. The fraction of sp³-hybridized carbons (Fsp3) is 0.875. The maximum atomic E-state index is 11.0. The maximum absolute atomic E-state index is 11.0. The maximum Gasteiger partial charge on any atom is 0.303 e. The molecule has 0 aliphatic carbocycles. The molecule has 3 nitrogen and oxygen atoms in total. The van der Waals surface area contributed by atoms with E-state index >= 15 is 0 Å². The second kappa shape index (κ2) is 4.60. The van der Waals surface area contributed by atoms with Crippen molar-refractivity contribution in [3.63, 3.8) is 0 Å². The zero-order valence-electron chi connectivity index (χ0n) is 6.99. The highest BCUT2D eigenvalue weighted by Crippen LogP contribution is 2.21. The van der Waals surface area contributed by atoms with E-state index < -0.39 is 16.8 Å². The summed E-state index contributed by atoms with van der Waals surface area (Å²) < 4.78 is 11.0. The highest BCUT2D eigenvalue weighted by atomic mass is 32.2. The largest absolute Gasteiger partial charge is 0.481 e. The SMILES string of the molecule is O=C(O)CCCCC1CCS1=O. The molecule has 1 heterocycles. The Bertz CT molecular complexity index is 191. The molecule has 1 aliphatic heterocycles. The summed E-state index contributed by atoms with van der Waals surface area (Å²) in [7, 11) is -0.591. The summed E-state index contributed by atoms with van der Waals surface area (Å²) in [6.07, 6.45) is 3.89. The Kier molecular flexibility index (Phi) is 3.72. The fourth-order valence-electron chi connectivity index (χ4n) is 1.30. The monoisotopic (exact) mass is 190 g/mol. The van der Waals surface area contributed by atoms with Crippen molar-refractivity contribution in [2.45, 2.75) is 37.4 Å². The van der Waals surface area contributed by atoms with E-state index in [1.807, 2.05) is 0 Å². The van der Waals surface area contributed by atoms with Gasteiger partial charge in [-0.05, 0) is 19.3 Å². The number of hydrogen-bond acceptors (Lipinski definition) is 2. The third kappa shape index (κ3) is 2.93. The zero-order chi connectivity index (χ0) is 8.97. The van der Waals surface area contributed by atoms with Crippen molar-refractivity contribution in [3.05, 3.63) is 0 Å². The minimum Gasteiger partial charge on any atom is -0.481 e. The van der Waals surface area contributed by atoms with E-state index in [9.17, 15) is 9.00 Å². The Morgan fingerprint density at radius 3 is 2.67 bits per heavy atom. The summed E-state index contributed by atoms with van der Waals surface area (Å²) in [5, 5.41) is 8.72. The van der Waals surface area contributed by atoms with Crippen molar-refractivity contribution in [2.75, 3.05) is 5.75 Å². The van der Waals surface area contributed by atoms with Gasteiger partial charge in [-0.1, -0.05) is 6.42 Å². The number of rotatable bonds is 5. The Morgan fingerprint density at radius 1 is 1.50 bits per heavy atom. The second-order valence-electron chi connectivity index (χ2n) is 3.14. The first-order valence-electron chi connectivity index (χ1n) is 4.29. The van der Waals surface area contributed by atoms with Gasteiger partial charge in [-0.25, -0.2) is 0 Å². The number of hydrogen-bond donors (Lipinski definition) is 1. The van der Waals surface area contributed by atoms with E-state index in [4.69, 9.17) is 5.11 Å². The molecule has 0 spiro atoms. The number of carbonyl (C=O) groups is 1. The van der Waals surface area contributed by atoms with Crippen LogP contribution >= 0.6 is 0 Å². The van der Waals surface area contributed by atoms with Gasteiger partial charge in [0.25, 0.3) is 0 Å². The normalized spacial score (nSPS) is 28.0. The van der Waals surface area contributed by atoms with Gasteiger partial charge >= 0.3 is 5.97 Å². The van der Waals surface area contributed by atoms with Crippen LogP contribution in [-0.4, -0.2) is 26.3 Å². The topological polar surface area (TPSA) is 54.4 Å². The van der Waals surface area contributed by atoms with Crippen LogP contribution in [0.25, 0.3) is 0 Å². The molecule has 1 fully saturated rings. The van der Waals surface area contributed by atoms with Gasteiger partial charge in [0.05, 0.1) is 0 Å². The lowest BCUT2D eigenvalue weighted by Crippen LogP contribution is -2.30. The lowest BCUT2D eigenvalue weighted by atomic mass is 10.1. The van der Waals surface area contributed by atoms with Crippen LogP contribution in [0.3, 0.4) is 0 Å². The van der Waals surface area contributed by atoms with E-state index in [-0.39, 0.29) is 6.42 Å². The Labute approximate surface area is 74.6 Å². The van der Waals surface area contributed by atoms with Gasteiger partial charge in [0.2, 0.25) is 0 Å². The Hall–Kier alpha value is -0.380. The van der Waals surface area contributed by atoms with E-state index in [2.05, 4.69) is 0 Å². The van der Waals surface area contributed by atoms with Crippen LogP contribution < -0.4 is 0 Å². The standard InChI is InChI=1S/C8H14O3S/c9-8(10)4-2-1-3-7-5-6-12(7)11/h7H,1-6H2,(H,9,10). The fourth-order valence-corrected chi connectivity index (χ4v) is 2.50. The van der Waals surface area contributed by atoms with E-state index in [0.717, 1.165) is 31.4 Å². The summed E-state index contributed by atoms with van der Waals surface area (Å²) in [5.74, 6) is 0.119. The molecule has 1 aliphatic rings. The van der Waals surface area contributed by atoms with Crippen LogP contribution in [0.4, 0.5) is 0 Å². The van der Waals surface area contributed by atoms with E-state index in [1.165, 1.54) is 0 Å². The molecule has 4 heteroatoms. The lowest BCUT2D eigenvalue weighted by molar-refractivity contribution is -0.137. The highest BCUT2D eigenvalue weighted by molar-refractivity contribution is 7.87. The quantitative estimate of drug-likeness (QED) is 0.662. The van der Waals surface area contributed by atoms with Crippen LogP contribution in [0.15, 0.2) is 0 Å². The molecule has 70 valence electrons. The minimum atomic E-state index is -0.732. The van der Waals surface area contributed by atoms with Crippen molar-refractivity contribution in [1.82, 2.24) is 0 Å². The predicted molar refractivity (Wildman–Crippen MR) is 47.5 cm³/mol. The average molecular weight is 190 g/mol. The summed E-state index contributed by atoms with van der Waals surface area (Å²) >= 11 is 0. The molecule has 1 rings (SSSR count). The first-order valence-corrected chi connectivity index (χ1v) is 5.67. The second-order valence-corrected chi connectivity index (χ2v) is 4.97. The predicted octanol–water partition coefficient (Wildman–Crippen LogP) is 1.15. The number of carboxylic acid groups (broad SMARTS) is 1. The average Bonchev–Trinajstić information content (AvgIpc) is 2.01. The molecule has 2 atom stereocenters. The van der Waals surface area contributed by atoms with Gasteiger partial charge in [-0.3, -0.25) is 9.00 Å². The third-order valence-electron chi connectivity index (χ3n) is 2.18. The molecule has 0 amide bonds. The van der Waals surface area contributed by atoms with Gasteiger partial charge in [-0.15, -0.1) is 0 Å². The van der Waals surface area contributed by atoms with Gasteiger partial charge in [0.1, 0.15) is 0 Å². The highest BCUT2D eigenvalue weighted by Gasteiger charge is 2.25. The van der Waals surface area contributed by atoms with Crippen LogP contribution in [-0.2, 0) is 15.6 Å². The number of carboxylic acids is 1. The van der Waals surface area contributed by atoms with Crippen LogP contribution in [0.2, 0.25) is 0 Å². The molecule has 0 bridgehead atoms. The molecule has 0 aromatic carbocycles. The summed E-state index contributed by atoms with van der Waals surface area (Å²) in [4.78, 5) is 10.1. The molecule has 1 saturated heterocycles. The Balaban J connectivity index is 1.95. The molecule has 0 radical (unpaired) electrons. The number of unbranched alkanes of at least 4 members (excludes halogenated alkanes) is 1. The van der Waals surface area contributed by atoms with Crippen molar-refractivity contribution in [1.29, 1.82) is 0 Å². The molecule has 0 aromatic heterocycles. The summed E-state index contributed by atoms with van der Waals surface area (Å²) in [5.41, 5.74) is 0. The molecular weight excluding hydrogens is 176 g/mol. The van der Waals surface area contributed by atoms with Gasteiger partial charge in [0, 0.05) is 28.2 Å². The molecule has 0 aromatic rings. The molecule has 12 heavy (non-hydrogen) atoms. The molecule has 2 unspecified atom stereocenters. The third-order valence-corrected chi connectivity index (χ3v) is 4.03. The van der Waals surface area contributed by atoms with Gasteiger partial charge in [0.15, 0.2) is 0 Å². The van der Waals surface area contributed by atoms with Gasteiger partial charge < -0.3 is 5.11 Å². The molecular formula is C8H14O3S. The van der Waals surface area contributed by atoms with Crippen molar-refractivity contribution in [2.24, 2.45) is 0 Å².